The molecular weight excluding hydrogens is 384 g/mol. The minimum Gasteiger partial charge on any atom is -0.354 e. The highest BCUT2D eigenvalue weighted by Gasteiger charge is 2.25. The van der Waals surface area contributed by atoms with Gasteiger partial charge >= 0.3 is 0 Å². The predicted molar refractivity (Wildman–Crippen MR) is 119 cm³/mol. The van der Waals surface area contributed by atoms with E-state index in [0.29, 0.717) is 6.54 Å². The van der Waals surface area contributed by atoms with Crippen molar-refractivity contribution in [2.45, 2.75) is 52.3 Å². The van der Waals surface area contributed by atoms with Crippen LogP contribution in [-0.4, -0.2) is 52.3 Å². The van der Waals surface area contributed by atoms with E-state index in [9.17, 15) is 4.79 Å². The number of carbonyl (C=O) groups excluding carboxylic acids is 1. The molecule has 1 atom stereocenters. The standard InChI is InChI=1S/C23H31ClN4O/c1-5-21-20(15-19-9-7-16(2)8-10-19)22(26-18(4)25-21)27-11-6-12-28(14-13-27)23(29)17(3)24/h7-10,17H,5-6,11-15H2,1-4H3. The first-order valence-electron chi connectivity index (χ1n) is 10.5. The lowest BCUT2D eigenvalue weighted by atomic mass is 10.0. The first-order chi connectivity index (χ1) is 13.9. The maximum Gasteiger partial charge on any atom is 0.240 e. The van der Waals surface area contributed by atoms with Gasteiger partial charge in [0, 0.05) is 43.9 Å². The van der Waals surface area contributed by atoms with Gasteiger partial charge in [-0.1, -0.05) is 36.8 Å². The summed E-state index contributed by atoms with van der Waals surface area (Å²) in [4.78, 5) is 26.1. The summed E-state index contributed by atoms with van der Waals surface area (Å²) < 4.78 is 0. The second-order valence-electron chi connectivity index (χ2n) is 7.82. The molecular formula is C23H31ClN4O. The Balaban J connectivity index is 1.90. The third-order valence-electron chi connectivity index (χ3n) is 5.47. The summed E-state index contributed by atoms with van der Waals surface area (Å²) in [7, 11) is 0. The van der Waals surface area contributed by atoms with Crippen molar-refractivity contribution in [1.29, 1.82) is 0 Å². The lowest BCUT2D eigenvalue weighted by molar-refractivity contribution is -0.130. The van der Waals surface area contributed by atoms with Crippen molar-refractivity contribution >= 4 is 23.3 Å². The molecule has 1 aromatic heterocycles. The van der Waals surface area contributed by atoms with Crippen molar-refractivity contribution in [1.82, 2.24) is 14.9 Å². The molecule has 2 heterocycles. The molecule has 1 fully saturated rings. The van der Waals surface area contributed by atoms with Gasteiger partial charge in [-0.05, 0) is 39.2 Å². The van der Waals surface area contributed by atoms with E-state index in [-0.39, 0.29) is 5.91 Å². The number of hydrogen-bond acceptors (Lipinski definition) is 4. The van der Waals surface area contributed by atoms with Gasteiger partial charge in [0.05, 0.1) is 0 Å². The number of alkyl halides is 1. The van der Waals surface area contributed by atoms with Gasteiger partial charge in [-0.3, -0.25) is 4.79 Å². The number of nitrogens with zero attached hydrogens (tertiary/aromatic N) is 4. The van der Waals surface area contributed by atoms with Crippen molar-refractivity contribution in [3.8, 4) is 0 Å². The molecule has 29 heavy (non-hydrogen) atoms. The molecule has 5 nitrogen and oxygen atoms in total. The highest BCUT2D eigenvalue weighted by Crippen LogP contribution is 2.26. The summed E-state index contributed by atoms with van der Waals surface area (Å²) >= 11 is 6.03. The zero-order valence-electron chi connectivity index (χ0n) is 17.9. The predicted octanol–water partition coefficient (Wildman–Crippen LogP) is 3.91. The molecule has 0 N–H and O–H groups in total. The van der Waals surface area contributed by atoms with Crippen LogP contribution in [0.25, 0.3) is 0 Å². The zero-order valence-corrected chi connectivity index (χ0v) is 18.7. The molecule has 1 amide bonds. The maximum absolute atomic E-state index is 12.3. The lowest BCUT2D eigenvalue weighted by Crippen LogP contribution is -2.39. The van der Waals surface area contributed by atoms with Crippen LogP contribution in [0, 0.1) is 13.8 Å². The Morgan fingerprint density at radius 3 is 2.48 bits per heavy atom. The number of aromatic nitrogens is 2. The van der Waals surface area contributed by atoms with Gasteiger partial charge in [-0.15, -0.1) is 11.6 Å². The molecule has 3 rings (SSSR count). The minimum absolute atomic E-state index is 0.0153. The molecule has 1 aliphatic heterocycles. The number of benzene rings is 1. The van der Waals surface area contributed by atoms with Crippen molar-refractivity contribution in [3.05, 3.63) is 52.5 Å². The zero-order chi connectivity index (χ0) is 21.0. The van der Waals surface area contributed by atoms with E-state index in [2.05, 4.69) is 43.0 Å². The number of anilines is 1. The van der Waals surface area contributed by atoms with Gasteiger partial charge in [-0.2, -0.15) is 0 Å². The number of hydrogen-bond donors (Lipinski definition) is 0. The van der Waals surface area contributed by atoms with Crippen molar-refractivity contribution in [2.75, 3.05) is 31.1 Å². The van der Waals surface area contributed by atoms with E-state index in [1.807, 2.05) is 11.8 Å². The largest absolute Gasteiger partial charge is 0.354 e. The van der Waals surface area contributed by atoms with Crippen molar-refractivity contribution < 1.29 is 4.79 Å². The van der Waals surface area contributed by atoms with E-state index >= 15 is 0 Å². The smallest absolute Gasteiger partial charge is 0.240 e. The Hall–Kier alpha value is -2.14. The second kappa shape index (κ2) is 9.57. The van der Waals surface area contributed by atoms with Crippen LogP contribution < -0.4 is 4.90 Å². The monoisotopic (exact) mass is 414 g/mol. The van der Waals surface area contributed by atoms with Crippen molar-refractivity contribution in [3.63, 3.8) is 0 Å². The Kier molecular flexibility index (Phi) is 7.12. The first kappa shape index (κ1) is 21.6. The van der Waals surface area contributed by atoms with E-state index in [4.69, 9.17) is 21.6 Å². The third-order valence-corrected chi connectivity index (χ3v) is 5.65. The average molecular weight is 415 g/mol. The molecule has 6 heteroatoms. The molecule has 1 aliphatic rings. The lowest BCUT2D eigenvalue weighted by Gasteiger charge is -2.26. The van der Waals surface area contributed by atoms with Gasteiger partial charge in [0.15, 0.2) is 0 Å². The molecule has 1 saturated heterocycles. The van der Waals surface area contributed by atoms with Crippen LogP contribution in [0.5, 0.6) is 0 Å². The highest BCUT2D eigenvalue weighted by molar-refractivity contribution is 6.30. The molecule has 0 bridgehead atoms. The Morgan fingerprint density at radius 2 is 1.83 bits per heavy atom. The van der Waals surface area contributed by atoms with Gasteiger partial charge in [0.25, 0.3) is 0 Å². The highest BCUT2D eigenvalue weighted by atomic mass is 35.5. The fraction of sp³-hybridized carbons (Fsp3) is 0.522. The SMILES string of the molecule is CCc1nc(C)nc(N2CCCN(C(=O)C(C)Cl)CC2)c1Cc1ccc(C)cc1. The Bertz CT molecular complexity index is 851. The summed E-state index contributed by atoms with van der Waals surface area (Å²) in [5.41, 5.74) is 4.84. The van der Waals surface area contributed by atoms with Gasteiger partial charge < -0.3 is 9.80 Å². The van der Waals surface area contributed by atoms with Gasteiger partial charge in [-0.25, -0.2) is 9.97 Å². The minimum atomic E-state index is -0.480. The molecule has 156 valence electrons. The van der Waals surface area contributed by atoms with Gasteiger partial charge in [0.1, 0.15) is 17.0 Å². The number of halogens is 1. The van der Waals surface area contributed by atoms with Crippen LogP contribution in [-0.2, 0) is 17.6 Å². The summed E-state index contributed by atoms with van der Waals surface area (Å²) in [6.45, 7) is 11.0. The van der Waals surface area contributed by atoms with Crippen LogP contribution in [0.2, 0.25) is 0 Å². The second-order valence-corrected chi connectivity index (χ2v) is 8.47. The Morgan fingerprint density at radius 1 is 1.10 bits per heavy atom. The Labute approximate surface area is 179 Å². The molecule has 0 spiro atoms. The van der Waals surface area contributed by atoms with Crippen LogP contribution in [0.1, 0.15) is 48.5 Å². The average Bonchev–Trinajstić information content (AvgIpc) is 2.96. The van der Waals surface area contributed by atoms with Crippen molar-refractivity contribution in [2.24, 2.45) is 0 Å². The first-order valence-corrected chi connectivity index (χ1v) is 10.9. The van der Waals surface area contributed by atoms with Gasteiger partial charge in [0.2, 0.25) is 5.91 Å². The molecule has 1 unspecified atom stereocenters. The maximum atomic E-state index is 12.3. The number of aryl methyl sites for hydroxylation is 3. The van der Waals surface area contributed by atoms with E-state index < -0.39 is 5.38 Å². The molecule has 0 saturated carbocycles. The van der Waals surface area contributed by atoms with Crippen LogP contribution in [0.3, 0.4) is 0 Å². The summed E-state index contributed by atoms with van der Waals surface area (Å²) in [5.74, 6) is 1.83. The van der Waals surface area contributed by atoms with Crippen LogP contribution >= 0.6 is 11.6 Å². The molecule has 0 aliphatic carbocycles. The molecule has 0 radical (unpaired) electrons. The summed E-state index contributed by atoms with van der Waals surface area (Å²) in [6.07, 6.45) is 2.60. The number of amides is 1. The normalized spacial score (nSPS) is 15.9. The molecule has 2 aromatic rings. The molecule has 1 aromatic carbocycles. The van der Waals surface area contributed by atoms with Crippen LogP contribution in [0.15, 0.2) is 24.3 Å². The summed E-state index contributed by atoms with van der Waals surface area (Å²) in [5, 5.41) is -0.480. The van der Waals surface area contributed by atoms with E-state index in [0.717, 1.165) is 56.2 Å². The topological polar surface area (TPSA) is 49.3 Å². The quantitative estimate of drug-likeness (QED) is 0.696. The number of rotatable bonds is 5. The van der Waals surface area contributed by atoms with E-state index in [1.54, 1.807) is 6.92 Å². The number of carbonyl (C=O) groups is 1. The fourth-order valence-corrected chi connectivity index (χ4v) is 4.02. The third kappa shape index (κ3) is 5.27. The van der Waals surface area contributed by atoms with Crippen LogP contribution in [0.4, 0.5) is 5.82 Å². The summed E-state index contributed by atoms with van der Waals surface area (Å²) in [6, 6.07) is 8.67. The fourth-order valence-electron chi connectivity index (χ4n) is 3.88. The van der Waals surface area contributed by atoms with E-state index in [1.165, 1.54) is 16.7 Å².